The monoisotopic (exact) mass is 399 g/mol. The topological polar surface area (TPSA) is 75.3 Å². The minimum atomic E-state index is -0.460. The smallest absolute Gasteiger partial charge is 0.356 e. The summed E-state index contributed by atoms with van der Waals surface area (Å²) in [5.41, 5.74) is 3.70. The number of carbonyl (C=O) groups is 2. The molecule has 6 nitrogen and oxygen atoms in total. The number of hydrogen-bond donors (Lipinski definition) is 1. The number of likely N-dealkylation sites (tertiary alicyclic amines) is 1. The molecule has 3 heterocycles. The maximum Gasteiger partial charge on any atom is 0.356 e. The largest absolute Gasteiger partial charge is 0.464 e. The van der Waals surface area contributed by atoms with E-state index >= 15 is 0 Å². The van der Waals surface area contributed by atoms with E-state index in [4.69, 9.17) is 4.74 Å². The van der Waals surface area contributed by atoms with E-state index in [0.717, 1.165) is 33.9 Å². The first-order valence-electron chi connectivity index (χ1n) is 9.99. The number of para-hydroxylation sites is 1. The number of aromatic amines is 1. The molecule has 30 heavy (non-hydrogen) atoms. The zero-order valence-electron chi connectivity index (χ0n) is 16.6. The van der Waals surface area contributed by atoms with Crippen molar-refractivity contribution in [3.63, 3.8) is 0 Å². The Morgan fingerprint density at radius 1 is 1.07 bits per heavy atom. The SMILES string of the molecule is COC(=O)c1cc2c([nH]c3ccccc32)c(C2CCN(C(=O)c3ccccc3)C2)n1. The van der Waals surface area contributed by atoms with E-state index < -0.39 is 5.97 Å². The van der Waals surface area contributed by atoms with Crippen LogP contribution in [0.1, 0.15) is 38.9 Å². The number of fused-ring (bicyclic) bond motifs is 3. The van der Waals surface area contributed by atoms with Crippen LogP contribution in [0.3, 0.4) is 0 Å². The van der Waals surface area contributed by atoms with Gasteiger partial charge in [0.2, 0.25) is 0 Å². The first-order chi connectivity index (χ1) is 14.7. The molecule has 1 N–H and O–H groups in total. The van der Waals surface area contributed by atoms with Crippen LogP contribution in [-0.2, 0) is 4.74 Å². The van der Waals surface area contributed by atoms with Crippen molar-refractivity contribution < 1.29 is 14.3 Å². The van der Waals surface area contributed by atoms with Crippen molar-refractivity contribution in [1.29, 1.82) is 0 Å². The standard InChI is InChI=1S/C24H21N3O3/c1-30-24(29)20-13-18-17-9-5-6-10-19(17)25-22(18)21(26-20)16-11-12-27(14-16)23(28)15-7-3-2-4-8-15/h2-10,13,16,25H,11-12,14H2,1H3. The van der Waals surface area contributed by atoms with Gasteiger partial charge in [-0.2, -0.15) is 0 Å². The van der Waals surface area contributed by atoms with Crippen LogP contribution in [0.5, 0.6) is 0 Å². The van der Waals surface area contributed by atoms with Gasteiger partial charge in [0.05, 0.1) is 18.3 Å². The van der Waals surface area contributed by atoms with Crippen molar-refractivity contribution in [3.8, 4) is 0 Å². The third kappa shape index (κ3) is 3.01. The van der Waals surface area contributed by atoms with E-state index in [1.807, 2.05) is 59.5 Å². The van der Waals surface area contributed by atoms with Crippen molar-refractivity contribution in [1.82, 2.24) is 14.9 Å². The molecule has 6 heteroatoms. The van der Waals surface area contributed by atoms with Crippen molar-refractivity contribution in [2.75, 3.05) is 20.2 Å². The molecule has 0 bridgehead atoms. The summed E-state index contributed by atoms with van der Waals surface area (Å²) in [6.07, 6.45) is 0.792. The number of rotatable bonds is 3. The summed E-state index contributed by atoms with van der Waals surface area (Å²) in [7, 11) is 1.36. The third-order valence-electron chi connectivity index (χ3n) is 5.80. The number of nitrogens with one attached hydrogen (secondary N) is 1. The minimum Gasteiger partial charge on any atom is -0.464 e. The highest BCUT2D eigenvalue weighted by atomic mass is 16.5. The Kier molecular flexibility index (Phi) is 4.47. The fourth-order valence-corrected chi connectivity index (χ4v) is 4.31. The lowest BCUT2D eigenvalue weighted by atomic mass is 10.0. The van der Waals surface area contributed by atoms with Crippen LogP contribution in [0.2, 0.25) is 0 Å². The highest BCUT2D eigenvalue weighted by Crippen LogP contribution is 2.35. The van der Waals surface area contributed by atoms with E-state index in [1.165, 1.54) is 7.11 Å². The number of nitrogens with zero attached hydrogens (tertiary/aromatic N) is 2. The van der Waals surface area contributed by atoms with E-state index in [2.05, 4.69) is 9.97 Å². The van der Waals surface area contributed by atoms with Crippen LogP contribution in [0.4, 0.5) is 0 Å². The Labute approximate surface area is 173 Å². The number of H-pyrrole nitrogens is 1. The van der Waals surface area contributed by atoms with Crippen LogP contribution in [0.15, 0.2) is 60.7 Å². The Bertz CT molecular complexity index is 1260. The van der Waals surface area contributed by atoms with Crippen molar-refractivity contribution in [2.24, 2.45) is 0 Å². The van der Waals surface area contributed by atoms with Gasteiger partial charge in [-0.1, -0.05) is 36.4 Å². The van der Waals surface area contributed by atoms with Crippen LogP contribution in [0, 0.1) is 0 Å². The molecule has 1 amide bonds. The van der Waals surface area contributed by atoms with Gasteiger partial charge in [-0.3, -0.25) is 4.79 Å². The summed E-state index contributed by atoms with van der Waals surface area (Å²) in [6.45, 7) is 1.22. The van der Waals surface area contributed by atoms with Crippen LogP contribution in [-0.4, -0.2) is 46.9 Å². The lowest BCUT2D eigenvalue weighted by molar-refractivity contribution is 0.0593. The maximum absolute atomic E-state index is 12.9. The molecule has 4 aromatic rings. The number of carbonyl (C=O) groups excluding carboxylic acids is 2. The van der Waals surface area contributed by atoms with E-state index in [0.29, 0.717) is 18.7 Å². The lowest BCUT2D eigenvalue weighted by Crippen LogP contribution is -2.28. The highest BCUT2D eigenvalue weighted by molar-refractivity contribution is 6.09. The second-order valence-electron chi connectivity index (χ2n) is 7.58. The molecule has 0 aliphatic carbocycles. The van der Waals surface area contributed by atoms with E-state index in [1.54, 1.807) is 6.07 Å². The van der Waals surface area contributed by atoms with Gasteiger partial charge in [-0.15, -0.1) is 0 Å². The Balaban J connectivity index is 1.56. The van der Waals surface area contributed by atoms with E-state index in [-0.39, 0.29) is 17.5 Å². The average Bonchev–Trinajstić information content (AvgIpc) is 3.43. The summed E-state index contributed by atoms with van der Waals surface area (Å²) < 4.78 is 4.93. The van der Waals surface area contributed by atoms with Gasteiger partial charge in [0.1, 0.15) is 5.69 Å². The van der Waals surface area contributed by atoms with Gasteiger partial charge >= 0.3 is 5.97 Å². The second kappa shape index (κ2) is 7.30. The summed E-state index contributed by atoms with van der Waals surface area (Å²) in [5, 5.41) is 1.99. The molecular weight excluding hydrogens is 378 g/mol. The number of amides is 1. The van der Waals surface area contributed by atoms with Gasteiger partial charge in [0.25, 0.3) is 5.91 Å². The van der Waals surface area contributed by atoms with Gasteiger partial charge in [0, 0.05) is 40.9 Å². The summed E-state index contributed by atoms with van der Waals surface area (Å²) in [4.78, 5) is 35.2. The van der Waals surface area contributed by atoms with Crippen molar-refractivity contribution >= 4 is 33.7 Å². The van der Waals surface area contributed by atoms with Gasteiger partial charge in [-0.25, -0.2) is 9.78 Å². The molecule has 1 aliphatic heterocycles. The molecule has 1 atom stereocenters. The molecule has 1 unspecified atom stereocenters. The van der Waals surface area contributed by atoms with Crippen molar-refractivity contribution in [3.05, 3.63) is 77.6 Å². The van der Waals surface area contributed by atoms with Gasteiger partial charge in [-0.05, 0) is 30.7 Å². The first kappa shape index (κ1) is 18.4. The molecule has 150 valence electrons. The average molecular weight is 399 g/mol. The van der Waals surface area contributed by atoms with Gasteiger partial charge in [0.15, 0.2) is 0 Å². The zero-order chi connectivity index (χ0) is 20.7. The first-order valence-corrected chi connectivity index (χ1v) is 9.99. The highest BCUT2D eigenvalue weighted by Gasteiger charge is 2.31. The van der Waals surface area contributed by atoms with Crippen molar-refractivity contribution in [2.45, 2.75) is 12.3 Å². The van der Waals surface area contributed by atoms with Crippen LogP contribution < -0.4 is 0 Å². The predicted molar refractivity (Wildman–Crippen MR) is 115 cm³/mol. The van der Waals surface area contributed by atoms with Gasteiger partial charge < -0.3 is 14.6 Å². The molecule has 5 rings (SSSR count). The number of methoxy groups -OCH3 is 1. The number of ether oxygens (including phenoxy) is 1. The Morgan fingerprint density at radius 2 is 1.83 bits per heavy atom. The molecule has 0 saturated carbocycles. The molecule has 1 fully saturated rings. The fraction of sp³-hybridized carbons (Fsp3) is 0.208. The maximum atomic E-state index is 12.9. The third-order valence-corrected chi connectivity index (χ3v) is 5.80. The summed E-state index contributed by atoms with van der Waals surface area (Å²) >= 11 is 0. The number of aromatic nitrogens is 2. The fourth-order valence-electron chi connectivity index (χ4n) is 4.31. The van der Waals surface area contributed by atoms with Crippen LogP contribution in [0.25, 0.3) is 21.8 Å². The summed E-state index contributed by atoms with van der Waals surface area (Å²) in [6, 6.07) is 19.1. The number of benzene rings is 2. The number of esters is 1. The molecule has 0 radical (unpaired) electrons. The quantitative estimate of drug-likeness (QED) is 0.526. The van der Waals surface area contributed by atoms with E-state index in [9.17, 15) is 9.59 Å². The molecular formula is C24H21N3O3. The molecule has 1 aliphatic rings. The summed E-state index contributed by atoms with van der Waals surface area (Å²) in [5.74, 6) is -0.397. The molecule has 2 aromatic heterocycles. The molecule has 0 spiro atoms. The lowest BCUT2D eigenvalue weighted by Gasteiger charge is -2.17. The molecule has 2 aromatic carbocycles. The number of hydrogen-bond acceptors (Lipinski definition) is 4. The second-order valence-corrected chi connectivity index (χ2v) is 7.58. The predicted octanol–water partition coefficient (Wildman–Crippen LogP) is 4.13. The number of pyridine rings is 1. The van der Waals surface area contributed by atoms with Crippen LogP contribution >= 0.6 is 0 Å². The normalized spacial score (nSPS) is 16.3. The Morgan fingerprint density at radius 3 is 2.63 bits per heavy atom. The molecule has 1 saturated heterocycles. The Hall–Kier alpha value is -3.67. The minimum absolute atomic E-state index is 0.0233. The zero-order valence-corrected chi connectivity index (χ0v) is 16.6.